The maximum Gasteiger partial charge on any atom is 0.160 e. The van der Waals surface area contributed by atoms with Crippen LogP contribution < -0.4 is 5.32 Å². The van der Waals surface area contributed by atoms with Crippen molar-refractivity contribution >= 4 is 5.69 Å². The van der Waals surface area contributed by atoms with Crippen LogP contribution in [0.4, 0.5) is 14.5 Å². The highest BCUT2D eigenvalue weighted by Gasteiger charge is 2.07. The fourth-order valence-corrected chi connectivity index (χ4v) is 1.65. The predicted octanol–water partition coefficient (Wildman–Crippen LogP) is 3.60. The van der Waals surface area contributed by atoms with E-state index in [0.29, 0.717) is 12.1 Å². The van der Waals surface area contributed by atoms with E-state index in [4.69, 9.17) is 4.42 Å². The minimum atomic E-state index is -0.847. The summed E-state index contributed by atoms with van der Waals surface area (Å²) in [6.07, 6.45) is 2.30. The van der Waals surface area contributed by atoms with E-state index in [1.54, 1.807) is 6.26 Å². The zero-order valence-corrected chi connectivity index (χ0v) is 9.41. The molecular formula is C13H13F2NO. The zero-order chi connectivity index (χ0) is 12.3. The lowest BCUT2D eigenvalue weighted by Crippen LogP contribution is -2.17. The number of hydrogen-bond acceptors (Lipinski definition) is 2. The van der Waals surface area contributed by atoms with E-state index >= 15 is 0 Å². The Labute approximate surface area is 98.3 Å². The molecule has 1 unspecified atom stereocenters. The summed E-state index contributed by atoms with van der Waals surface area (Å²) in [7, 11) is 0. The predicted molar refractivity (Wildman–Crippen MR) is 61.9 cm³/mol. The van der Waals surface area contributed by atoms with Gasteiger partial charge >= 0.3 is 0 Å². The van der Waals surface area contributed by atoms with Crippen molar-refractivity contribution in [3.8, 4) is 0 Å². The van der Waals surface area contributed by atoms with Gasteiger partial charge in [0, 0.05) is 24.2 Å². The minimum absolute atomic E-state index is 0.0750. The summed E-state index contributed by atoms with van der Waals surface area (Å²) in [6, 6.07) is 7.54. The molecule has 0 amide bonds. The molecule has 2 rings (SSSR count). The third-order valence-corrected chi connectivity index (χ3v) is 2.42. The van der Waals surface area contributed by atoms with Crippen LogP contribution in [-0.2, 0) is 6.42 Å². The van der Waals surface area contributed by atoms with Crippen molar-refractivity contribution in [1.82, 2.24) is 0 Å². The molecule has 1 aromatic carbocycles. The fraction of sp³-hybridized carbons (Fsp3) is 0.231. The highest BCUT2D eigenvalue weighted by atomic mass is 19.2. The average Bonchev–Trinajstić information content (AvgIpc) is 2.76. The Hall–Kier alpha value is -1.84. The molecule has 0 bridgehead atoms. The van der Waals surface area contributed by atoms with Crippen molar-refractivity contribution in [1.29, 1.82) is 0 Å². The molecule has 0 fully saturated rings. The first kappa shape index (κ1) is 11.6. The monoisotopic (exact) mass is 237 g/mol. The van der Waals surface area contributed by atoms with E-state index in [2.05, 4.69) is 5.32 Å². The molecule has 0 aliphatic rings. The van der Waals surface area contributed by atoms with Crippen molar-refractivity contribution in [2.75, 3.05) is 5.32 Å². The molecule has 2 aromatic rings. The molecule has 17 heavy (non-hydrogen) atoms. The highest BCUT2D eigenvalue weighted by molar-refractivity contribution is 5.44. The van der Waals surface area contributed by atoms with Crippen LogP contribution in [0.5, 0.6) is 0 Å². The van der Waals surface area contributed by atoms with E-state index in [-0.39, 0.29) is 6.04 Å². The molecule has 1 aromatic heterocycles. The topological polar surface area (TPSA) is 25.2 Å². The van der Waals surface area contributed by atoms with Gasteiger partial charge in [0.2, 0.25) is 0 Å². The van der Waals surface area contributed by atoms with E-state index in [1.807, 2.05) is 19.1 Å². The quantitative estimate of drug-likeness (QED) is 0.878. The van der Waals surface area contributed by atoms with Gasteiger partial charge in [0.1, 0.15) is 5.76 Å². The van der Waals surface area contributed by atoms with Crippen LogP contribution >= 0.6 is 0 Å². The van der Waals surface area contributed by atoms with Crippen molar-refractivity contribution in [3.05, 3.63) is 54.0 Å². The second kappa shape index (κ2) is 4.99. The Kier molecular flexibility index (Phi) is 3.42. The van der Waals surface area contributed by atoms with Gasteiger partial charge in [0.05, 0.1) is 6.26 Å². The summed E-state index contributed by atoms with van der Waals surface area (Å²) in [4.78, 5) is 0. The van der Waals surface area contributed by atoms with Crippen LogP contribution in [0.1, 0.15) is 12.7 Å². The summed E-state index contributed by atoms with van der Waals surface area (Å²) >= 11 is 0. The van der Waals surface area contributed by atoms with Crippen LogP contribution in [0.3, 0.4) is 0 Å². The minimum Gasteiger partial charge on any atom is -0.469 e. The zero-order valence-electron chi connectivity index (χ0n) is 9.41. The summed E-state index contributed by atoms with van der Waals surface area (Å²) < 4.78 is 30.9. The lowest BCUT2D eigenvalue weighted by Gasteiger charge is -2.14. The van der Waals surface area contributed by atoms with Crippen LogP contribution in [0.25, 0.3) is 0 Å². The van der Waals surface area contributed by atoms with Gasteiger partial charge in [-0.2, -0.15) is 0 Å². The maximum absolute atomic E-state index is 13.0. The first-order chi connectivity index (χ1) is 8.15. The Morgan fingerprint density at radius 2 is 2.06 bits per heavy atom. The van der Waals surface area contributed by atoms with Gasteiger partial charge in [-0.3, -0.25) is 0 Å². The smallest absolute Gasteiger partial charge is 0.160 e. The van der Waals surface area contributed by atoms with Crippen molar-refractivity contribution in [3.63, 3.8) is 0 Å². The van der Waals surface area contributed by atoms with Crippen molar-refractivity contribution < 1.29 is 13.2 Å². The normalized spacial score (nSPS) is 12.4. The van der Waals surface area contributed by atoms with Gasteiger partial charge in [-0.1, -0.05) is 0 Å². The van der Waals surface area contributed by atoms with Gasteiger partial charge < -0.3 is 9.73 Å². The van der Waals surface area contributed by atoms with Crippen LogP contribution in [-0.4, -0.2) is 6.04 Å². The molecule has 4 heteroatoms. The Bertz CT molecular complexity index is 482. The first-order valence-electron chi connectivity index (χ1n) is 5.39. The molecule has 90 valence electrons. The number of hydrogen-bond donors (Lipinski definition) is 1. The van der Waals surface area contributed by atoms with E-state index in [0.717, 1.165) is 17.9 Å². The van der Waals surface area contributed by atoms with Crippen LogP contribution in [0.15, 0.2) is 41.0 Å². The second-order valence-electron chi connectivity index (χ2n) is 3.96. The summed E-state index contributed by atoms with van der Waals surface area (Å²) in [5.74, 6) is -0.831. The molecule has 2 nitrogen and oxygen atoms in total. The number of nitrogens with one attached hydrogen (secondary N) is 1. The van der Waals surface area contributed by atoms with Crippen LogP contribution in [0.2, 0.25) is 0 Å². The van der Waals surface area contributed by atoms with E-state index < -0.39 is 11.6 Å². The molecule has 0 saturated carbocycles. The van der Waals surface area contributed by atoms with E-state index in [9.17, 15) is 8.78 Å². The van der Waals surface area contributed by atoms with Gasteiger partial charge in [0.25, 0.3) is 0 Å². The lowest BCUT2D eigenvalue weighted by atomic mass is 10.2. The molecule has 0 aliphatic heterocycles. The SMILES string of the molecule is CC(Cc1ccco1)Nc1ccc(F)c(F)c1. The van der Waals surface area contributed by atoms with Crippen molar-refractivity contribution in [2.45, 2.75) is 19.4 Å². The Morgan fingerprint density at radius 1 is 1.24 bits per heavy atom. The number of rotatable bonds is 4. The molecule has 1 atom stereocenters. The summed E-state index contributed by atoms with van der Waals surface area (Å²) in [5, 5.41) is 3.08. The summed E-state index contributed by atoms with van der Waals surface area (Å²) in [5.41, 5.74) is 0.558. The lowest BCUT2D eigenvalue weighted by molar-refractivity contribution is 0.497. The molecule has 1 N–H and O–H groups in total. The van der Waals surface area contributed by atoms with E-state index in [1.165, 1.54) is 6.07 Å². The van der Waals surface area contributed by atoms with Crippen molar-refractivity contribution in [2.24, 2.45) is 0 Å². The number of furan rings is 1. The fourth-order valence-electron chi connectivity index (χ4n) is 1.65. The molecule has 0 spiro atoms. The molecule has 0 aliphatic carbocycles. The Morgan fingerprint density at radius 3 is 2.71 bits per heavy atom. The molecular weight excluding hydrogens is 224 g/mol. The third-order valence-electron chi connectivity index (χ3n) is 2.42. The highest BCUT2D eigenvalue weighted by Crippen LogP contribution is 2.15. The van der Waals surface area contributed by atoms with Crippen LogP contribution in [0, 0.1) is 11.6 Å². The largest absolute Gasteiger partial charge is 0.469 e. The Balaban J connectivity index is 1.98. The number of benzene rings is 1. The van der Waals surface area contributed by atoms with Gasteiger partial charge in [0.15, 0.2) is 11.6 Å². The molecule has 0 radical (unpaired) electrons. The van der Waals surface area contributed by atoms with Gasteiger partial charge in [-0.25, -0.2) is 8.78 Å². The number of halogens is 2. The summed E-state index contributed by atoms with van der Waals surface area (Å²) in [6.45, 7) is 1.95. The standard InChI is InChI=1S/C13H13F2NO/c1-9(7-11-3-2-6-17-11)16-10-4-5-12(14)13(15)8-10/h2-6,8-9,16H,7H2,1H3. The van der Waals surface area contributed by atoms with Gasteiger partial charge in [-0.15, -0.1) is 0 Å². The second-order valence-corrected chi connectivity index (χ2v) is 3.96. The molecule has 0 saturated heterocycles. The first-order valence-corrected chi connectivity index (χ1v) is 5.39. The maximum atomic E-state index is 13.0. The molecule has 1 heterocycles. The average molecular weight is 237 g/mol. The number of anilines is 1. The van der Waals surface area contributed by atoms with Gasteiger partial charge in [-0.05, 0) is 31.2 Å². The third kappa shape index (κ3) is 3.06.